The molecule has 4 heteroatoms. The molecular formula is C23H26N2O2. The smallest absolute Gasteiger partial charge is 0.287 e. The first kappa shape index (κ1) is 17.7. The minimum atomic E-state index is -0.187. The van der Waals surface area contributed by atoms with Crippen molar-refractivity contribution in [2.24, 2.45) is 5.92 Å². The molecular weight excluding hydrogens is 336 g/mol. The van der Waals surface area contributed by atoms with Crippen LogP contribution < -0.4 is 10.2 Å². The largest absolute Gasteiger partial charge is 0.451 e. The lowest BCUT2D eigenvalue weighted by atomic mass is 9.99. The molecule has 1 aliphatic heterocycles. The van der Waals surface area contributed by atoms with Gasteiger partial charge in [-0.05, 0) is 55.5 Å². The van der Waals surface area contributed by atoms with E-state index in [0.29, 0.717) is 5.76 Å². The maximum Gasteiger partial charge on any atom is 0.287 e. The highest BCUT2D eigenvalue weighted by Crippen LogP contribution is 2.25. The Bertz CT molecular complexity index is 896. The van der Waals surface area contributed by atoms with Crippen LogP contribution in [0, 0.1) is 5.92 Å². The van der Waals surface area contributed by atoms with Crippen LogP contribution in [0.15, 0.2) is 59.0 Å². The number of amides is 1. The second kappa shape index (κ2) is 7.47. The third-order valence-electron chi connectivity index (χ3n) is 5.41. The van der Waals surface area contributed by atoms with Crippen LogP contribution in [0.4, 0.5) is 5.69 Å². The van der Waals surface area contributed by atoms with Gasteiger partial charge >= 0.3 is 0 Å². The van der Waals surface area contributed by atoms with Gasteiger partial charge in [0.2, 0.25) is 0 Å². The fourth-order valence-corrected chi connectivity index (χ4v) is 3.84. The van der Waals surface area contributed by atoms with Crippen molar-refractivity contribution in [2.45, 2.75) is 32.7 Å². The monoisotopic (exact) mass is 362 g/mol. The van der Waals surface area contributed by atoms with E-state index in [1.54, 1.807) is 6.07 Å². The van der Waals surface area contributed by atoms with E-state index < -0.39 is 0 Å². The Morgan fingerprint density at radius 2 is 1.96 bits per heavy atom. The lowest BCUT2D eigenvalue weighted by Gasteiger charge is -2.33. The molecule has 4 rings (SSSR count). The second-order valence-corrected chi connectivity index (χ2v) is 7.63. The molecule has 0 radical (unpaired) electrons. The third kappa shape index (κ3) is 3.85. The Morgan fingerprint density at radius 3 is 2.70 bits per heavy atom. The number of rotatable bonds is 4. The van der Waals surface area contributed by atoms with Gasteiger partial charge in [0.15, 0.2) is 5.76 Å². The van der Waals surface area contributed by atoms with E-state index >= 15 is 0 Å². The number of hydrogen-bond acceptors (Lipinski definition) is 3. The van der Waals surface area contributed by atoms with Gasteiger partial charge in [0, 0.05) is 24.2 Å². The highest BCUT2D eigenvalue weighted by atomic mass is 16.3. The van der Waals surface area contributed by atoms with Crippen molar-refractivity contribution >= 4 is 22.6 Å². The molecule has 2 atom stereocenters. The van der Waals surface area contributed by atoms with Crippen LogP contribution in [0.25, 0.3) is 11.0 Å². The summed E-state index contributed by atoms with van der Waals surface area (Å²) in [5.74, 6) is 0.912. The van der Waals surface area contributed by atoms with E-state index in [-0.39, 0.29) is 11.9 Å². The first-order chi connectivity index (χ1) is 13.1. The lowest BCUT2D eigenvalue weighted by Crippen LogP contribution is -2.34. The number of fused-ring (bicyclic) bond motifs is 1. The molecule has 2 heterocycles. The highest BCUT2D eigenvalue weighted by Gasteiger charge is 2.18. The molecule has 27 heavy (non-hydrogen) atoms. The van der Waals surface area contributed by atoms with Gasteiger partial charge in [0.25, 0.3) is 5.91 Å². The summed E-state index contributed by atoms with van der Waals surface area (Å²) in [7, 11) is 0. The van der Waals surface area contributed by atoms with E-state index in [4.69, 9.17) is 4.42 Å². The zero-order valence-electron chi connectivity index (χ0n) is 15.9. The Hall–Kier alpha value is -2.75. The number of nitrogens with zero attached hydrogens (tertiary/aromatic N) is 1. The SMILES string of the molecule is CC1CCCN(c2ccc(C(C)NC(=O)c3cc4ccccc4o3)cc2)C1. The summed E-state index contributed by atoms with van der Waals surface area (Å²) in [6.45, 7) is 6.56. The number of furan rings is 1. The lowest BCUT2D eigenvalue weighted by molar-refractivity contribution is 0.0914. The summed E-state index contributed by atoms with van der Waals surface area (Å²) in [5.41, 5.74) is 3.09. The van der Waals surface area contributed by atoms with E-state index in [2.05, 4.69) is 41.4 Å². The summed E-state index contributed by atoms with van der Waals surface area (Å²) in [6, 6.07) is 17.9. The van der Waals surface area contributed by atoms with Crippen molar-refractivity contribution in [1.82, 2.24) is 5.32 Å². The van der Waals surface area contributed by atoms with E-state index in [1.807, 2.05) is 31.2 Å². The minimum Gasteiger partial charge on any atom is -0.451 e. The molecule has 2 unspecified atom stereocenters. The van der Waals surface area contributed by atoms with E-state index in [9.17, 15) is 4.79 Å². The molecule has 0 aliphatic carbocycles. The van der Waals surface area contributed by atoms with Gasteiger partial charge in [-0.2, -0.15) is 0 Å². The fourth-order valence-electron chi connectivity index (χ4n) is 3.84. The van der Waals surface area contributed by atoms with Crippen LogP contribution in [0.1, 0.15) is 48.8 Å². The molecule has 2 aromatic carbocycles. The molecule has 1 saturated heterocycles. The first-order valence-electron chi connectivity index (χ1n) is 9.74. The van der Waals surface area contributed by atoms with Crippen molar-refractivity contribution in [1.29, 1.82) is 0 Å². The Morgan fingerprint density at radius 1 is 1.19 bits per heavy atom. The van der Waals surface area contributed by atoms with Crippen molar-refractivity contribution in [2.75, 3.05) is 18.0 Å². The molecule has 1 aliphatic rings. The van der Waals surface area contributed by atoms with Gasteiger partial charge in [0.05, 0.1) is 6.04 Å². The molecule has 140 valence electrons. The quantitative estimate of drug-likeness (QED) is 0.697. The summed E-state index contributed by atoms with van der Waals surface area (Å²) in [6.07, 6.45) is 2.58. The normalized spacial score (nSPS) is 18.4. The van der Waals surface area contributed by atoms with Crippen LogP contribution >= 0.6 is 0 Å². The minimum absolute atomic E-state index is 0.0833. The van der Waals surface area contributed by atoms with Gasteiger partial charge in [-0.15, -0.1) is 0 Å². The van der Waals surface area contributed by atoms with Crippen LogP contribution in [0.5, 0.6) is 0 Å². The van der Waals surface area contributed by atoms with Gasteiger partial charge < -0.3 is 14.6 Å². The van der Waals surface area contributed by atoms with Gasteiger partial charge in [-0.25, -0.2) is 0 Å². The number of nitrogens with one attached hydrogen (secondary N) is 1. The number of anilines is 1. The molecule has 0 saturated carbocycles. The Balaban J connectivity index is 1.43. The molecule has 1 amide bonds. The first-order valence-corrected chi connectivity index (χ1v) is 9.74. The van der Waals surface area contributed by atoms with E-state index in [0.717, 1.165) is 35.5 Å². The number of benzene rings is 2. The molecule has 1 N–H and O–H groups in total. The van der Waals surface area contributed by atoms with Crippen molar-refractivity contribution in [3.63, 3.8) is 0 Å². The molecule has 0 spiro atoms. The molecule has 1 aromatic heterocycles. The fraction of sp³-hybridized carbons (Fsp3) is 0.348. The summed E-state index contributed by atoms with van der Waals surface area (Å²) >= 11 is 0. The van der Waals surface area contributed by atoms with Gasteiger partial charge in [0.1, 0.15) is 5.58 Å². The zero-order chi connectivity index (χ0) is 18.8. The number of hydrogen-bond donors (Lipinski definition) is 1. The van der Waals surface area contributed by atoms with Crippen LogP contribution in [-0.4, -0.2) is 19.0 Å². The van der Waals surface area contributed by atoms with Gasteiger partial charge in [-0.3, -0.25) is 4.79 Å². The average Bonchev–Trinajstić information content (AvgIpc) is 3.12. The Labute approximate surface area is 160 Å². The molecule has 4 nitrogen and oxygen atoms in total. The highest BCUT2D eigenvalue weighted by molar-refractivity contribution is 5.96. The summed E-state index contributed by atoms with van der Waals surface area (Å²) in [4.78, 5) is 15.0. The predicted molar refractivity (Wildman–Crippen MR) is 109 cm³/mol. The van der Waals surface area contributed by atoms with Crippen molar-refractivity contribution in [3.8, 4) is 0 Å². The van der Waals surface area contributed by atoms with Crippen LogP contribution in [0.2, 0.25) is 0 Å². The number of piperidine rings is 1. The zero-order valence-corrected chi connectivity index (χ0v) is 15.9. The maximum absolute atomic E-state index is 12.5. The van der Waals surface area contributed by atoms with E-state index in [1.165, 1.54) is 18.5 Å². The van der Waals surface area contributed by atoms with Crippen LogP contribution in [0.3, 0.4) is 0 Å². The second-order valence-electron chi connectivity index (χ2n) is 7.63. The standard InChI is InChI=1S/C23H26N2O2/c1-16-6-5-13-25(15-16)20-11-9-18(10-12-20)17(2)24-23(26)22-14-19-7-3-4-8-21(19)27-22/h3-4,7-12,14,16-17H,5-6,13,15H2,1-2H3,(H,24,26). The van der Waals surface area contributed by atoms with Gasteiger partial charge in [-0.1, -0.05) is 37.3 Å². The molecule has 0 bridgehead atoms. The van der Waals surface area contributed by atoms with Crippen molar-refractivity contribution < 1.29 is 9.21 Å². The Kier molecular flexibility index (Phi) is 4.88. The number of carbonyl (C=O) groups is 1. The summed E-state index contributed by atoms with van der Waals surface area (Å²) < 4.78 is 5.66. The maximum atomic E-state index is 12.5. The number of para-hydroxylation sites is 1. The number of carbonyl (C=O) groups excluding carboxylic acids is 1. The topological polar surface area (TPSA) is 45.5 Å². The predicted octanol–water partition coefficient (Wildman–Crippen LogP) is 5.16. The average molecular weight is 362 g/mol. The van der Waals surface area contributed by atoms with Crippen LogP contribution in [-0.2, 0) is 0 Å². The molecule has 3 aromatic rings. The molecule has 1 fully saturated rings. The summed E-state index contributed by atoms with van der Waals surface area (Å²) in [5, 5.41) is 3.97. The van der Waals surface area contributed by atoms with Crippen molar-refractivity contribution in [3.05, 3.63) is 65.9 Å². The third-order valence-corrected chi connectivity index (χ3v) is 5.41.